The molecule has 0 saturated carbocycles. The van der Waals surface area contributed by atoms with Crippen LogP contribution in [0.4, 0.5) is 0 Å². The second-order valence-corrected chi connectivity index (χ2v) is 8.62. The molecular weight excluding hydrogens is 358 g/mol. The Morgan fingerprint density at radius 3 is 2.16 bits per heavy atom. The molecular formula is C18H19NO4S2. The predicted molar refractivity (Wildman–Crippen MR) is 102 cm³/mol. The van der Waals surface area contributed by atoms with E-state index in [2.05, 4.69) is 0 Å². The standard InChI is InChI=1S/C18H19NO4S2/c1-18(2,3)19(23)11-12-4-6-13(7-5-12)24-25-14-8-9-15(17(21)22)16(20)10-14/h4-11,20H,1-3H3,(H,21,22)/b19-11-. The maximum Gasteiger partial charge on any atom is 0.339 e. The smallest absolute Gasteiger partial charge is 0.339 e. The summed E-state index contributed by atoms with van der Waals surface area (Å²) in [5.41, 5.74) is 0.228. The van der Waals surface area contributed by atoms with Gasteiger partial charge in [-0.15, -0.1) is 0 Å². The number of carboxylic acids is 1. The first-order valence-corrected chi connectivity index (χ1v) is 9.64. The highest BCUT2D eigenvalue weighted by Crippen LogP contribution is 2.39. The van der Waals surface area contributed by atoms with Crippen molar-refractivity contribution >= 4 is 33.8 Å². The molecule has 0 aliphatic carbocycles. The monoisotopic (exact) mass is 377 g/mol. The van der Waals surface area contributed by atoms with Crippen molar-refractivity contribution in [2.24, 2.45) is 0 Å². The van der Waals surface area contributed by atoms with Crippen LogP contribution in [0.1, 0.15) is 36.7 Å². The number of hydroxylamine groups is 1. The van der Waals surface area contributed by atoms with Crippen molar-refractivity contribution in [3.8, 4) is 5.75 Å². The number of aromatic carboxylic acids is 1. The second-order valence-electron chi connectivity index (χ2n) is 6.35. The summed E-state index contributed by atoms with van der Waals surface area (Å²) >= 11 is 0. The van der Waals surface area contributed by atoms with Gasteiger partial charge in [0, 0.05) is 36.1 Å². The van der Waals surface area contributed by atoms with Gasteiger partial charge in [-0.2, -0.15) is 0 Å². The van der Waals surface area contributed by atoms with Gasteiger partial charge in [0.25, 0.3) is 0 Å². The first kappa shape index (κ1) is 19.2. The lowest BCUT2D eigenvalue weighted by molar-refractivity contribution is -0.530. The lowest BCUT2D eigenvalue weighted by Gasteiger charge is -2.18. The summed E-state index contributed by atoms with van der Waals surface area (Å²) in [5, 5.41) is 30.5. The maximum absolute atomic E-state index is 11.9. The van der Waals surface area contributed by atoms with Gasteiger partial charge in [-0.05, 0) is 42.5 Å². The number of aromatic hydroxyl groups is 1. The first-order chi connectivity index (χ1) is 11.7. The SMILES string of the molecule is CC(C)(C)/[N+]([O-])=C/c1ccc(SSc2ccc(C(=O)O)c(O)c2)cc1. The Kier molecular flexibility index (Phi) is 6.02. The van der Waals surface area contributed by atoms with E-state index in [-0.39, 0.29) is 11.3 Å². The van der Waals surface area contributed by atoms with Gasteiger partial charge < -0.3 is 15.4 Å². The minimum atomic E-state index is -1.16. The third-order valence-corrected chi connectivity index (χ3v) is 5.64. The van der Waals surface area contributed by atoms with Crippen LogP contribution in [-0.4, -0.2) is 32.7 Å². The van der Waals surface area contributed by atoms with Crippen LogP contribution in [-0.2, 0) is 0 Å². The fourth-order valence-electron chi connectivity index (χ4n) is 1.78. The van der Waals surface area contributed by atoms with E-state index in [0.717, 1.165) is 20.1 Å². The van der Waals surface area contributed by atoms with Gasteiger partial charge >= 0.3 is 5.97 Å². The summed E-state index contributed by atoms with van der Waals surface area (Å²) < 4.78 is 0.927. The average molecular weight is 377 g/mol. The first-order valence-electron chi connectivity index (χ1n) is 7.49. The van der Waals surface area contributed by atoms with Gasteiger partial charge in [-0.1, -0.05) is 21.6 Å². The van der Waals surface area contributed by atoms with Gasteiger partial charge in [-0.3, -0.25) is 0 Å². The topological polar surface area (TPSA) is 83.6 Å². The molecule has 0 saturated heterocycles. The molecule has 25 heavy (non-hydrogen) atoms. The van der Waals surface area contributed by atoms with E-state index in [4.69, 9.17) is 5.11 Å². The molecule has 2 aromatic rings. The minimum Gasteiger partial charge on any atom is -0.623 e. The lowest BCUT2D eigenvalue weighted by Crippen LogP contribution is -2.29. The number of hydrogen-bond acceptors (Lipinski definition) is 5. The highest BCUT2D eigenvalue weighted by atomic mass is 33.1. The molecule has 2 N–H and O–H groups in total. The molecule has 0 amide bonds. The Morgan fingerprint density at radius 1 is 1.08 bits per heavy atom. The maximum atomic E-state index is 11.9. The summed E-state index contributed by atoms with van der Waals surface area (Å²) in [7, 11) is 2.90. The van der Waals surface area contributed by atoms with Crippen LogP contribution in [0.15, 0.2) is 52.3 Å². The molecule has 0 spiro atoms. The highest BCUT2D eigenvalue weighted by Gasteiger charge is 2.18. The zero-order valence-electron chi connectivity index (χ0n) is 14.1. The number of benzene rings is 2. The number of carboxylic acid groups (broad SMARTS) is 1. The molecule has 0 aromatic heterocycles. The third-order valence-electron chi connectivity index (χ3n) is 3.24. The van der Waals surface area contributed by atoms with E-state index in [1.165, 1.54) is 33.7 Å². The summed E-state index contributed by atoms with van der Waals surface area (Å²) in [6, 6.07) is 12.0. The molecule has 132 valence electrons. The Labute approximate surface area is 154 Å². The van der Waals surface area contributed by atoms with Crippen molar-refractivity contribution in [3.05, 3.63) is 58.8 Å². The number of carbonyl (C=O) groups is 1. The van der Waals surface area contributed by atoms with Crippen LogP contribution < -0.4 is 0 Å². The summed E-state index contributed by atoms with van der Waals surface area (Å²) in [6.07, 6.45) is 1.56. The van der Waals surface area contributed by atoms with Crippen molar-refractivity contribution in [1.29, 1.82) is 0 Å². The molecule has 0 radical (unpaired) electrons. The summed E-state index contributed by atoms with van der Waals surface area (Å²) in [4.78, 5) is 12.6. The van der Waals surface area contributed by atoms with E-state index in [0.29, 0.717) is 0 Å². The average Bonchev–Trinajstić information content (AvgIpc) is 2.53. The second kappa shape index (κ2) is 7.84. The molecule has 0 aliphatic rings. The van der Waals surface area contributed by atoms with Crippen LogP contribution in [0.3, 0.4) is 0 Å². The van der Waals surface area contributed by atoms with Crippen molar-refractivity contribution in [2.75, 3.05) is 0 Å². The fourth-order valence-corrected chi connectivity index (χ4v) is 3.72. The minimum absolute atomic E-state index is 0.116. The van der Waals surface area contributed by atoms with Crippen LogP contribution in [0.2, 0.25) is 0 Å². The lowest BCUT2D eigenvalue weighted by atomic mass is 10.1. The van der Waals surface area contributed by atoms with Gasteiger partial charge in [0.05, 0.1) is 0 Å². The third kappa shape index (κ3) is 5.44. The molecule has 0 bridgehead atoms. The van der Waals surface area contributed by atoms with E-state index in [9.17, 15) is 15.1 Å². The van der Waals surface area contributed by atoms with Crippen molar-refractivity contribution in [2.45, 2.75) is 36.1 Å². The molecule has 7 heteroatoms. The molecule has 0 heterocycles. The van der Waals surface area contributed by atoms with Crippen molar-refractivity contribution in [1.82, 2.24) is 0 Å². The quantitative estimate of drug-likeness (QED) is 0.260. The summed E-state index contributed by atoms with van der Waals surface area (Å²) in [5.74, 6) is -1.41. The molecule has 2 aromatic carbocycles. The van der Waals surface area contributed by atoms with Gasteiger partial charge in [0.15, 0.2) is 11.8 Å². The zero-order chi connectivity index (χ0) is 18.6. The van der Waals surface area contributed by atoms with Gasteiger partial charge in [0.2, 0.25) is 0 Å². The van der Waals surface area contributed by atoms with Gasteiger partial charge in [-0.25, -0.2) is 9.53 Å². The Balaban J connectivity index is 2.03. The Bertz CT molecular complexity index is 796. The van der Waals surface area contributed by atoms with Crippen LogP contribution >= 0.6 is 21.6 Å². The molecule has 0 aliphatic heterocycles. The highest BCUT2D eigenvalue weighted by molar-refractivity contribution is 8.76. The Morgan fingerprint density at radius 2 is 1.64 bits per heavy atom. The largest absolute Gasteiger partial charge is 0.623 e. The zero-order valence-corrected chi connectivity index (χ0v) is 15.7. The van der Waals surface area contributed by atoms with E-state index in [1.807, 2.05) is 45.0 Å². The predicted octanol–water partition coefficient (Wildman–Crippen LogP) is 4.62. The number of phenols is 1. The molecule has 5 nitrogen and oxygen atoms in total. The Hall–Kier alpha value is -2.12. The molecule has 0 unspecified atom stereocenters. The van der Waals surface area contributed by atoms with Crippen LogP contribution in [0.25, 0.3) is 0 Å². The van der Waals surface area contributed by atoms with E-state index < -0.39 is 11.5 Å². The fraction of sp³-hybridized carbons (Fsp3) is 0.222. The summed E-state index contributed by atoms with van der Waals surface area (Å²) in [6.45, 7) is 5.55. The van der Waals surface area contributed by atoms with Gasteiger partial charge in [0.1, 0.15) is 11.3 Å². The number of rotatable bonds is 5. The van der Waals surface area contributed by atoms with Crippen LogP contribution in [0.5, 0.6) is 5.75 Å². The van der Waals surface area contributed by atoms with Crippen LogP contribution in [0, 0.1) is 5.21 Å². The number of nitrogens with zero attached hydrogens (tertiary/aromatic N) is 1. The normalized spacial score (nSPS) is 12.2. The molecule has 0 atom stereocenters. The molecule has 2 rings (SSSR count). The van der Waals surface area contributed by atoms with Crippen molar-refractivity contribution < 1.29 is 19.7 Å². The van der Waals surface area contributed by atoms with Crippen molar-refractivity contribution in [3.63, 3.8) is 0 Å². The number of hydrogen-bond donors (Lipinski definition) is 2. The molecule has 0 fully saturated rings. The van der Waals surface area contributed by atoms with E-state index in [1.54, 1.807) is 12.3 Å². The van der Waals surface area contributed by atoms with E-state index >= 15 is 0 Å².